The minimum absolute atomic E-state index is 0. The molecule has 4 aromatic heterocycles. The molecule has 4 heterocycles. The molecule has 5 nitrogen and oxygen atoms in total. The standard InChI is InChI=1S/C31H27N5.Pt/c1-31(2,27-14-9-15-29(32-27)35-18-16-22-10-5-7-12-25(22)35)28-20-24(34(3)4)21-30(33-28)36-19-17-23-11-6-8-13-26(23)36;/h5-17,20-21H,1-4H3;/q-2;+2. The molecule has 186 valence electrons. The van der Waals surface area contributed by atoms with Gasteiger partial charge in [-0.25, -0.2) is 0 Å². The average molecular weight is 665 g/mol. The summed E-state index contributed by atoms with van der Waals surface area (Å²) in [6.07, 6.45) is 6.71. The van der Waals surface area contributed by atoms with Crippen LogP contribution < -0.4 is 4.90 Å². The number of para-hydroxylation sites is 2. The summed E-state index contributed by atoms with van der Waals surface area (Å²) in [6.45, 7) is 4.36. The van der Waals surface area contributed by atoms with Crippen molar-refractivity contribution in [3.05, 3.63) is 115 Å². The van der Waals surface area contributed by atoms with Gasteiger partial charge in [0.2, 0.25) is 0 Å². The van der Waals surface area contributed by atoms with E-state index >= 15 is 0 Å². The maximum absolute atomic E-state index is 5.15. The van der Waals surface area contributed by atoms with Crippen LogP contribution in [0.2, 0.25) is 0 Å². The van der Waals surface area contributed by atoms with Crippen LogP contribution in [0.25, 0.3) is 33.4 Å². The molecule has 0 amide bonds. The van der Waals surface area contributed by atoms with E-state index < -0.39 is 5.41 Å². The minimum atomic E-state index is -0.442. The Hall–Kier alpha value is -3.69. The van der Waals surface area contributed by atoms with E-state index in [1.807, 2.05) is 51.6 Å². The van der Waals surface area contributed by atoms with E-state index in [1.165, 1.54) is 0 Å². The van der Waals surface area contributed by atoms with E-state index in [9.17, 15) is 0 Å². The molecular formula is C31H27N5Pt. The third-order valence-electron chi connectivity index (χ3n) is 6.84. The SMILES string of the molecule is CN(C)c1cc(-n2[c-]cc3ccccc32)nc(C(C)(C)c2cccc(-n3[c-]cc4ccccc43)n2)c1.[Pt+2]. The van der Waals surface area contributed by atoms with Gasteiger partial charge in [0, 0.05) is 36.6 Å². The number of pyridine rings is 2. The Labute approximate surface area is 231 Å². The Morgan fingerprint density at radius 3 is 1.86 bits per heavy atom. The van der Waals surface area contributed by atoms with E-state index in [4.69, 9.17) is 9.97 Å². The molecule has 0 fully saturated rings. The average Bonchev–Trinajstić information content (AvgIpc) is 3.53. The number of aromatic nitrogens is 4. The summed E-state index contributed by atoms with van der Waals surface area (Å²) in [5.41, 5.74) is 4.70. The fraction of sp³-hybridized carbons (Fsp3) is 0.161. The van der Waals surface area contributed by atoms with E-state index in [0.29, 0.717) is 0 Å². The molecule has 6 rings (SSSR count). The van der Waals surface area contributed by atoms with Crippen molar-refractivity contribution in [3.8, 4) is 11.6 Å². The third-order valence-corrected chi connectivity index (χ3v) is 6.84. The molecule has 0 aliphatic heterocycles. The minimum Gasteiger partial charge on any atom is -0.429 e. The summed E-state index contributed by atoms with van der Waals surface area (Å²) in [5.74, 6) is 1.68. The third kappa shape index (κ3) is 4.38. The summed E-state index contributed by atoms with van der Waals surface area (Å²) in [7, 11) is 4.11. The number of fused-ring (bicyclic) bond motifs is 2. The van der Waals surface area contributed by atoms with Gasteiger partial charge in [-0.2, -0.15) is 0 Å². The zero-order valence-electron chi connectivity index (χ0n) is 21.2. The van der Waals surface area contributed by atoms with Crippen molar-refractivity contribution in [1.29, 1.82) is 0 Å². The quantitative estimate of drug-likeness (QED) is 0.202. The smallest absolute Gasteiger partial charge is 0.429 e. The van der Waals surface area contributed by atoms with Gasteiger partial charge >= 0.3 is 21.1 Å². The van der Waals surface area contributed by atoms with Crippen LogP contribution in [0.4, 0.5) is 5.69 Å². The number of nitrogens with zero attached hydrogens (tertiary/aromatic N) is 5. The van der Waals surface area contributed by atoms with E-state index in [0.717, 1.165) is 50.5 Å². The molecule has 0 unspecified atom stereocenters. The number of rotatable bonds is 5. The van der Waals surface area contributed by atoms with Crippen LogP contribution >= 0.6 is 0 Å². The molecule has 0 aliphatic rings. The molecule has 0 atom stereocenters. The van der Waals surface area contributed by atoms with E-state index in [2.05, 4.69) is 93.8 Å². The van der Waals surface area contributed by atoms with Crippen molar-refractivity contribution in [2.24, 2.45) is 0 Å². The molecule has 0 saturated heterocycles. The van der Waals surface area contributed by atoms with E-state index in [-0.39, 0.29) is 21.1 Å². The van der Waals surface area contributed by atoms with Gasteiger partial charge in [-0.3, -0.25) is 9.97 Å². The number of anilines is 1. The van der Waals surface area contributed by atoms with Crippen LogP contribution in [0.1, 0.15) is 25.2 Å². The van der Waals surface area contributed by atoms with Crippen LogP contribution in [-0.2, 0) is 26.5 Å². The largest absolute Gasteiger partial charge is 2.00 e. The van der Waals surface area contributed by atoms with Crippen molar-refractivity contribution in [3.63, 3.8) is 0 Å². The van der Waals surface area contributed by atoms with Crippen molar-refractivity contribution >= 4 is 27.5 Å². The Bertz CT molecular complexity index is 1710. The summed E-state index contributed by atoms with van der Waals surface area (Å²) in [4.78, 5) is 12.4. The van der Waals surface area contributed by atoms with Crippen LogP contribution in [-0.4, -0.2) is 33.2 Å². The molecular weight excluding hydrogens is 637 g/mol. The molecule has 6 heteroatoms. The van der Waals surface area contributed by atoms with Gasteiger partial charge in [-0.1, -0.05) is 72.0 Å². The van der Waals surface area contributed by atoms with Crippen molar-refractivity contribution in [2.45, 2.75) is 19.3 Å². The maximum Gasteiger partial charge on any atom is 2.00 e. The van der Waals surface area contributed by atoms with Gasteiger partial charge in [0.1, 0.15) is 0 Å². The normalized spacial score (nSPS) is 11.6. The molecule has 0 N–H and O–H groups in total. The molecule has 0 spiro atoms. The van der Waals surface area contributed by atoms with Crippen molar-refractivity contribution in [2.75, 3.05) is 19.0 Å². The first kappa shape index (κ1) is 25.0. The summed E-state index contributed by atoms with van der Waals surface area (Å²) in [5, 5.41) is 2.28. The monoisotopic (exact) mass is 664 g/mol. The summed E-state index contributed by atoms with van der Waals surface area (Å²) in [6, 6.07) is 31.0. The Kier molecular flexibility index (Phi) is 6.51. The van der Waals surface area contributed by atoms with Crippen LogP contribution in [0.15, 0.2) is 91.0 Å². The molecule has 0 saturated carbocycles. The second-order valence-electron chi connectivity index (χ2n) is 9.80. The van der Waals surface area contributed by atoms with Crippen molar-refractivity contribution in [1.82, 2.24) is 19.1 Å². The fourth-order valence-corrected chi connectivity index (χ4v) is 4.63. The first-order chi connectivity index (χ1) is 17.4. The molecule has 6 aromatic rings. The topological polar surface area (TPSA) is 38.9 Å². The molecule has 0 radical (unpaired) electrons. The molecule has 0 bridgehead atoms. The predicted octanol–water partition coefficient (Wildman–Crippen LogP) is 6.35. The van der Waals surface area contributed by atoms with Gasteiger partial charge in [0.15, 0.2) is 0 Å². The zero-order valence-corrected chi connectivity index (χ0v) is 23.5. The first-order valence-corrected chi connectivity index (χ1v) is 12.1. The summed E-state index contributed by atoms with van der Waals surface area (Å²) >= 11 is 0. The maximum atomic E-state index is 5.15. The first-order valence-electron chi connectivity index (χ1n) is 12.1. The predicted molar refractivity (Wildman–Crippen MR) is 146 cm³/mol. The van der Waals surface area contributed by atoms with Gasteiger partial charge in [-0.15, -0.1) is 35.0 Å². The fourth-order valence-electron chi connectivity index (χ4n) is 4.63. The number of benzene rings is 2. The Morgan fingerprint density at radius 2 is 1.24 bits per heavy atom. The van der Waals surface area contributed by atoms with Crippen LogP contribution in [0, 0.1) is 12.4 Å². The molecule has 0 aliphatic carbocycles. The number of hydrogen-bond acceptors (Lipinski definition) is 3. The zero-order chi connectivity index (χ0) is 24.9. The van der Waals surface area contributed by atoms with Crippen LogP contribution in [0.5, 0.6) is 0 Å². The van der Waals surface area contributed by atoms with E-state index in [1.54, 1.807) is 0 Å². The Balaban J connectivity index is 0.00000280. The Morgan fingerprint density at radius 1 is 0.676 bits per heavy atom. The van der Waals surface area contributed by atoms with Gasteiger partial charge in [0.05, 0.1) is 11.6 Å². The number of hydrogen-bond donors (Lipinski definition) is 0. The van der Waals surface area contributed by atoms with Crippen molar-refractivity contribution < 1.29 is 21.1 Å². The van der Waals surface area contributed by atoms with Crippen LogP contribution in [0.3, 0.4) is 0 Å². The van der Waals surface area contributed by atoms with Gasteiger partial charge < -0.3 is 14.0 Å². The summed E-state index contributed by atoms with van der Waals surface area (Å²) < 4.78 is 4.05. The molecule has 37 heavy (non-hydrogen) atoms. The molecule has 2 aromatic carbocycles. The van der Waals surface area contributed by atoms with Gasteiger partial charge in [0.25, 0.3) is 0 Å². The second-order valence-corrected chi connectivity index (χ2v) is 9.80. The van der Waals surface area contributed by atoms with Gasteiger partial charge in [-0.05, 0) is 32.0 Å². The second kappa shape index (κ2) is 9.64.